The number of benzene rings is 2. The summed E-state index contributed by atoms with van der Waals surface area (Å²) >= 11 is 6.14. The fourth-order valence-corrected chi connectivity index (χ4v) is 4.99. The van der Waals surface area contributed by atoms with Gasteiger partial charge in [0.1, 0.15) is 16.3 Å². The molecule has 0 aliphatic carbocycles. The maximum Gasteiger partial charge on any atom is 0.272 e. The van der Waals surface area contributed by atoms with Gasteiger partial charge in [-0.25, -0.2) is 8.42 Å². The highest BCUT2D eigenvalue weighted by atomic mass is 35.5. The van der Waals surface area contributed by atoms with Crippen molar-refractivity contribution in [2.45, 2.75) is 18.7 Å². The van der Waals surface area contributed by atoms with Crippen LogP contribution in [0.2, 0.25) is 5.02 Å². The van der Waals surface area contributed by atoms with E-state index >= 15 is 0 Å². The van der Waals surface area contributed by atoms with E-state index in [-0.39, 0.29) is 9.92 Å². The van der Waals surface area contributed by atoms with Gasteiger partial charge >= 0.3 is 0 Å². The fourth-order valence-electron chi connectivity index (χ4n) is 3.04. The molecule has 3 rings (SSSR count). The molecule has 2 N–H and O–H groups in total. The van der Waals surface area contributed by atoms with Crippen LogP contribution in [0.5, 0.6) is 5.75 Å². The molecular weight excluding hydrogens is 414 g/mol. The Kier molecular flexibility index (Phi) is 6.16. The summed E-state index contributed by atoms with van der Waals surface area (Å²) in [6.07, 6.45) is 0. The molecule has 0 bridgehead atoms. The number of sulfonamides is 1. The van der Waals surface area contributed by atoms with E-state index in [1.54, 1.807) is 45.2 Å². The van der Waals surface area contributed by atoms with E-state index in [2.05, 4.69) is 10.3 Å². The third kappa shape index (κ3) is 4.24. The lowest BCUT2D eigenvalue weighted by Crippen LogP contribution is -2.30. The normalized spacial score (nSPS) is 11.8. The smallest absolute Gasteiger partial charge is 0.272 e. The van der Waals surface area contributed by atoms with E-state index in [0.29, 0.717) is 30.2 Å². The summed E-state index contributed by atoms with van der Waals surface area (Å²) in [5.41, 5.74) is 1.44. The van der Waals surface area contributed by atoms with Crippen molar-refractivity contribution in [3.8, 4) is 5.75 Å². The predicted octanol–water partition coefficient (Wildman–Crippen LogP) is 4.11. The molecule has 9 heteroatoms. The van der Waals surface area contributed by atoms with Crippen LogP contribution in [0, 0.1) is 0 Å². The minimum absolute atomic E-state index is 0.0398. The van der Waals surface area contributed by atoms with Crippen LogP contribution in [0.4, 0.5) is 5.69 Å². The van der Waals surface area contributed by atoms with Crippen molar-refractivity contribution in [3.63, 3.8) is 0 Å². The first-order valence-electron chi connectivity index (χ1n) is 9.08. The van der Waals surface area contributed by atoms with Gasteiger partial charge in [-0.15, -0.1) is 0 Å². The van der Waals surface area contributed by atoms with Gasteiger partial charge in [0.2, 0.25) is 10.0 Å². The van der Waals surface area contributed by atoms with Crippen molar-refractivity contribution in [1.82, 2.24) is 9.29 Å². The lowest BCUT2D eigenvalue weighted by molar-refractivity contribution is 0.102. The molecule has 0 aliphatic rings. The monoisotopic (exact) mass is 435 g/mol. The highest BCUT2D eigenvalue weighted by Gasteiger charge is 2.25. The van der Waals surface area contributed by atoms with E-state index < -0.39 is 15.9 Å². The molecule has 0 atom stereocenters. The van der Waals surface area contributed by atoms with Crippen molar-refractivity contribution >= 4 is 44.1 Å². The highest BCUT2D eigenvalue weighted by Crippen LogP contribution is 2.28. The summed E-state index contributed by atoms with van der Waals surface area (Å²) in [6.45, 7) is 4.16. The van der Waals surface area contributed by atoms with Gasteiger partial charge in [-0.2, -0.15) is 4.31 Å². The second-order valence-corrected chi connectivity index (χ2v) is 8.64. The van der Waals surface area contributed by atoms with E-state index in [9.17, 15) is 13.2 Å². The second kappa shape index (κ2) is 8.44. The number of anilines is 1. The van der Waals surface area contributed by atoms with E-state index in [1.165, 1.54) is 16.4 Å². The first-order chi connectivity index (χ1) is 13.8. The first kappa shape index (κ1) is 21.2. The summed E-state index contributed by atoms with van der Waals surface area (Å²) in [4.78, 5) is 15.7. The molecule has 1 amide bonds. The Hall–Kier alpha value is -2.55. The number of carbonyl (C=O) groups is 1. The van der Waals surface area contributed by atoms with Crippen molar-refractivity contribution in [1.29, 1.82) is 0 Å². The van der Waals surface area contributed by atoms with Gasteiger partial charge in [-0.3, -0.25) is 4.79 Å². The summed E-state index contributed by atoms with van der Waals surface area (Å²) < 4.78 is 32.1. The van der Waals surface area contributed by atoms with Gasteiger partial charge in [0.15, 0.2) is 0 Å². The zero-order chi connectivity index (χ0) is 21.2. The number of rotatable bonds is 7. The largest absolute Gasteiger partial charge is 0.497 e. The third-order valence-corrected chi connectivity index (χ3v) is 7.12. The van der Waals surface area contributed by atoms with Crippen LogP contribution in [0.15, 0.2) is 47.4 Å². The summed E-state index contributed by atoms with van der Waals surface area (Å²) in [5.74, 6) is 0.281. The number of H-pyrrole nitrogens is 1. The SMILES string of the molecule is CCN(CC)S(=O)(=O)c1cc(NC(=O)c2cc3ccc(OC)cc3[nH]2)ccc1Cl. The zero-order valence-electron chi connectivity index (χ0n) is 16.3. The van der Waals surface area contributed by atoms with Crippen molar-refractivity contribution in [2.24, 2.45) is 0 Å². The van der Waals surface area contributed by atoms with Gasteiger partial charge < -0.3 is 15.0 Å². The Morgan fingerprint density at radius 3 is 2.52 bits per heavy atom. The summed E-state index contributed by atoms with van der Waals surface area (Å²) in [6, 6.07) is 11.6. The molecule has 0 fully saturated rings. The van der Waals surface area contributed by atoms with Gasteiger partial charge in [0, 0.05) is 35.7 Å². The molecule has 0 spiro atoms. The fraction of sp³-hybridized carbons (Fsp3) is 0.250. The lowest BCUT2D eigenvalue weighted by atomic mass is 10.2. The van der Waals surface area contributed by atoms with Gasteiger partial charge in [0.25, 0.3) is 5.91 Å². The quantitative estimate of drug-likeness (QED) is 0.584. The predicted molar refractivity (Wildman–Crippen MR) is 114 cm³/mol. The molecule has 1 heterocycles. The van der Waals surface area contributed by atoms with Gasteiger partial charge in [-0.1, -0.05) is 25.4 Å². The maximum absolute atomic E-state index is 12.8. The number of hydrogen-bond donors (Lipinski definition) is 2. The average Bonchev–Trinajstić information content (AvgIpc) is 3.13. The van der Waals surface area contributed by atoms with Crippen molar-refractivity contribution in [2.75, 3.05) is 25.5 Å². The van der Waals surface area contributed by atoms with Crippen LogP contribution in [0.3, 0.4) is 0 Å². The first-order valence-corrected chi connectivity index (χ1v) is 10.9. The van der Waals surface area contributed by atoms with Crippen LogP contribution >= 0.6 is 11.6 Å². The van der Waals surface area contributed by atoms with E-state index in [0.717, 1.165) is 10.9 Å². The second-order valence-electron chi connectivity index (χ2n) is 6.32. The van der Waals surface area contributed by atoms with Crippen LogP contribution < -0.4 is 10.1 Å². The number of carbonyl (C=O) groups excluding carboxylic acids is 1. The summed E-state index contributed by atoms with van der Waals surface area (Å²) in [7, 11) is -2.18. The highest BCUT2D eigenvalue weighted by molar-refractivity contribution is 7.89. The van der Waals surface area contributed by atoms with Crippen molar-refractivity contribution in [3.05, 3.63) is 53.2 Å². The Bertz CT molecular complexity index is 1150. The Morgan fingerprint density at radius 2 is 1.86 bits per heavy atom. The number of amides is 1. The number of nitrogens with one attached hydrogen (secondary N) is 2. The molecule has 1 aromatic heterocycles. The van der Waals surface area contributed by atoms with Gasteiger partial charge in [0.05, 0.1) is 12.1 Å². The molecule has 29 heavy (non-hydrogen) atoms. The number of aromatic amines is 1. The average molecular weight is 436 g/mol. The van der Waals surface area contributed by atoms with Crippen LogP contribution in [-0.4, -0.2) is 43.8 Å². The molecule has 0 saturated carbocycles. The van der Waals surface area contributed by atoms with E-state index in [4.69, 9.17) is 16.3 Å². The van der Waals surface area contributed by atoms with Crippen LogP contribution in [-0.2, 0) is 10.0 Å². The van der Waals surface area contributed by atoms with Crippen LogP contribution in [0.1, 0.15) is 24.3 Å². The third-order valence-electron chi connectivity index (χ3n) is 4.59. The molecule has 0 unspecified atom stereocenters. The number of nitrogens with zero attached hydrogens (tertiary/aromatic N) is 1. The van der Waals surface area contributed by atoms with Crippen LogP contribution in [0.25, 0.3) is 10.9 Å². The molecule has 2 aromatic carbocycles. The Labute approximate surface area is 174 Å². The molecule has 154 valence electrons. The molecular formula is C20H22ClN3O4S. The number of hydrogen-bond acceptors (Lipinski definition) is 4. The number of ether oxygens (including phenoxy) is 1. The Morgan fingerprint density at radius 1 is 1.14 bits per heavy atom. The summed E-state index contributed by atoms with van der Waals surface area (Å²) in [5, 5.41) is 3.68. The van der Waals surface area contributed by atoms with Crippen molar-refractivity contribution < 1.29 is 17.9 Å². The van der Waals surface area contributed by atoms with Gasteiger partial charge in [-0.05, 0) is 36.4 Å². The van der Waals surface area contributed by atoms with E-state index in [1.807, 2.05) is 6.07 Å². The number of methoxy groups -OCH3 is 1. The lowest BCUT2D eigenvalue weighted by Gasteiger charge is -2.19. The Balaban J connectivity index is 1.90. The molecule has 0 radical (unpaired) electrons. The zero-order valence-corrected chi connectivity index (χ0v) is 17.9. The number of fused-ring (bicyclic) bond motifs is 1. The minimum atomic E-state index is -3.75. The molecule has 3 aromatic rings. The topological polar surface area (TPSA) is 91.5 Å². The molecule has 0 saturated heterocycles. The molecule has 0 aliphatic heterocycles. The molecule has 7 nitrogen and oxygen atoms in total. The number of aromatic nitrogens is 1. The minimum Gasteiger partial charge on any atom is -0.497 e. The maximum atomic E-state index is 12.8. The number of halogens is 1. The standard InChI is InChI=1S/C20H22ClN3O4S/c1-4-24(5-2)29(26,27)19-11-14(7-9-16(19)21)22-20(25)18-10-13-6-8-15(28-3)12-17(13)23-18/h6-12,23H,4-5H2,1-3H3,(H,22,25).